The molecule has 2 rings (SSSR count). The average molecular weight is 284 g/mol. The molecule has 1 nitrogen and oxygen atoms in total. The van der Waals surface area contributed by atoms with E-state index >= 15 is 0 Å². The van der Waals surface area contributed by atoms with Gasteiger partial charge in [0.1, 0.15) is 5.82 Å². The Hall–Kier alpha value is -1.46. The van der Waals surface area contributed by atoms with Crippen molar-refractivity contribution in [2.75, 3.05) is 0 Å². The Balaban J connectivity index is 2.40. The maximum atomic E-state index is 13.8. The second-order valence-corrected chi connectivity index (χ2v) is 5.10. The fourth-order valence-corrected chi connectivity index (χ4v) is 2.68. The SMILES string of the molecule is C[C@H](O)c1cccc(F)c1Sc1ccc(F)c(F)c1. The highest BCUT2D eigenvalue weighted by atomic mass is 32.2. The van der Waals surface area contributed by atoms with Crippen LogP contribution in [0.1, 0.15) is 18.6 Å². The molecule has 100 valence electrons. The van der Waals surface area contributed by atoms with Crippen molar-refractivity contribution < 1.29 is 18.3 Å². The van der Waals surface area contributed by atoms with E-state index in [1.54, 1.807) is 6.07 Å². The standard InChI is InChI=1S/C14H11F3OS/c1-8(18)10-3-2-4-12(16)14(10)19-9-5-6-11(15)13(17)7-9/h2-8,18H,1H3/t8-/m0/s1. The first-order valence-corrected chi connectivity index (χ1v) is 6.40. The third-order valence-corrected chi connectivity index (χ3v) is 3.68. The fraction of sp³-hybridized carbons (Fsp3) is 0.143. The summed E-state index contributed by atoms with van der Waals surface area (Å²) in [6.45, 7) is 1.52. The van der Waals surface area contributed by atoms with Crippen molar-refractivity contribution >= 4 is 11.8 Å². The van der Waals surface area contributed by atoms with Gasteiger partial charge in [-0.05, 0) is 36.8 Å². The summed E-state index contributed by atoms with van der Waals surface area (Å²) in [4.78, 5) is 0.578. The van der Waals surface area contributed by atoms with Crippen molar-refractivity contribution in [1.82, 2.24) is 0 Å². The number of aliphatic hydroxyl groups is 1. The molecule has 0 aliphatic heterocycles. The monoisotopic (exact) mass is 284 g/mol. The largest absolute Gasteiger partial charge is 0.389 e. The lowest BCUT2D eigenvalue weighted by Gasteiger charge is -2.12. The summed E-state index contributed by atoms with van der Waals surface area (Å²) in [5.41, 5.74) is 0.412. The summed E-state index contributed by atoms with van der Waals surface area (Å²) in [5, 5.41) is 9.59. The Morgan fingerprint density at radius 3 is 2.37 bits per heavy atom. The molecule has 0 aliphatic rings. The highest BCUT2D eigenvalue weighted by Crippen LogP contribution is 2.35. The molecule has 1 atom stereocenters. The first-order valence-electron chi connectivity index (χ1n) is 5.58. The van der Waals surface area contributed by atoms with Gasteiger partial charge in [0.05, 0.1) is 11.0 Å². The van der Waals surface area contributed by atoms with E-state index in [9.17, 15) is 18.3 Å². The van der Waals surface area contributed by atoms with Crippen molar-refractivity contribution in [2.24, 2.45) is 0 Å². The molecule has 0 bridgehead atoms. The molecule has 0 saturated heterocycles. The molecule has 0 spiro atoms. The quantitative estimate of drug-likeness (QED) is 0.906. The van der Waals surface area contributed by atoms with Crippen LogP contribution in [0.3, 0.4) is 0 Å². The minimum atomic E-state index is -0.986. The lowest BCUT2D eigenvalue weighted by atomic mass is 10.1. The number of benzene rings is 2. The van der Waals surface area contributed by atoms with E-state index < -0.39 is 23.6 Å². The van der Waals surface area contributed by atoms with E-state index in [0.717, 1.165) is 23.9 Å². The molecule has 5 heteroatoms. The van der Waals surface area contributed by atoms with Crippen molar-refractivity contribution in [1.29, 1.82) is 0 Å². The van der Waals surface area contributed by atoms with E-state index in [1.807, 2.05) is 0 Å². The van der Waals surface area contributed by atoms with Gasteiger partial charge in [-0.25, -0.2) is 13.2 Å². The van der Waals surface area contributed by atoms with Gasteiger partial charge in [0, 0.05) is 4.90 Å². The summed E-state index contributed by atoms with van der Waals surface area (Å²) in [6.07, 6.45) is -0.844. The van der Waals surface area contributed by atoms with Gasteiger partial charge in [0.15, 0.2) is 11.6 Å². The van der Waals surface area contributed by atoms with Crippen LogP contribution in [0.4, 0.5) is 13.2 Å². The zero-order valence-corrected chi connectivity index (χ0v) is 10.8. The molecule has 19 heavy (non-hydrogen) atoms. The zero-order chi connectivity index (χ0) is 14.0. The van der Waals surface area contributed by atoms with E-state index in [0.29, 0.717) is 10.5 Å². The topological polar surface area (TPSA) is 20.2 Å². The lowest BCUT2D eigenvalue weighted by molar-refractivity contribution is 0.195. The normalized spacial score (nSPS) is 12.5. The Morgan fingerprint density at radius 1 is 1.00 bits per heavy atom. The Labute approximate surface area is 113 Å². The summed E-state index contributed by atoms with van der Waals surface area (Å²) in [7, 11) is 0. The molecule has 0 saturated carbocycles. The molecular formula is C14H11F3OS. The first kappa shape index (κ1) is 14.0. The Bertz CT molecular complexity index is 599. The van der Waals surface area contributed by atoms with Crippen molar-refractivity contribution in [3.05, 3.63) is 59.4 Å². The van der Waals surface area contributed by atoms with Crippen LogP contribution in [0.15, 0.2) is 46.2 Å². The molecule has 0 aliphatic carbocycles. The van der Waals surface area contributed by atoms with Crippen LogP contribution >= 0.6 is 11.8 Å². The maximum Gasteiger partial charge on any atom is 0.159 e. The first-order chi connectivity index (χ1) is 8.99. The number of halogens is 3. The molecule has 0 fully saturated rings. The summed E-state index contributed by atoms with van der Waals surface area (Å²) in [6, 6.07) is 7.69. The molecule has 2 aromatic carbocycles. The van der Waals surface area contributed by atoms with Gasteiger partial charge in [0.25, 0.3) is 0 Å². The van der Waals surface area contributed by atoms with Gasteiger partial charge in [0.2, 0.25) is 0 Å². The predicted molar refractivity (Wildman–Crippen MR) is 67.5 cm³/mol. The van der Waals surface area contributed by atoms with E-state index in [2.05, 4.69) is 0 Å². The third-order valence-electron chi connectivity index (χ3n) is 2.56. The third kappa shape index (κ3) is 3.11. The maximum absolute atomic E-state index is 13.8. The van der Waals surface area contributed by atoms with Crippen LogP contribution < -0.4 is 0 Å². The van der Waals surface area contributed by atoms with E-state index in [-0.39, 0.29) is 4.90 Å². The summed E-state index contributed by atoms with van der Waals surface area (Å²) < 4.78 is 39.7. The molecule has 0 aromatic heterocycles. The molecule has 1 N–H and O–H groups in total. The molecule has 0 radical (unpaired) electrons. The lowest BCUT2D eigenvalue weighted by Crippen LogP contribution is -1.96. The van der Waals surface area contributed by atoms with Crippen LogP contribution in [0, 0.1) is 17.5 Å². The van der Waals surface area contributed by atoms with Gasteiger partial charge < -0.3 is 5.11 Å². The van der Waals surface area contributed by atoms with Crippen LogP contribution in [0.25, 0.3) is 0 Å². The van der Waals surface area contributed by atoms with Gasteiger partial charge >= 0.3 is 0 Å². The predicted octanol–water partition coefficient (Wildman–Crippen LogP) is 4.31. The Kier molecular flexibility index (Phi) is 4.17. The number of hydrogen-bond acceptors (Lipinski definition) is 2. The molecule has 0 unspecified atom stereocenters. The zero-order valence-electron chi connectivity index (χ0n) is 10.0. The minimum absolute atomic E-state index is 0.212. The van der Waals surface area contributed by atoms with Crippen molar-refractivity contribution in [3.8, 4) is 0 Å². The summed E-state index contributed by atoms with van der Waals surface area (Å²) in [5.74, 6) is -2.44. The molecule has 0 amide bonds. The van der Waals surface area contributed by atoms with Gasteiger partial charge in [-0.3, -0.25) is 0 Å². The van der Waals surface area contributed by atoms with Crippen molar-refractivity contribution in [2.45, 2.75) is 22.8 Å². The fourth-order valence-electron chi connectivity index (χ4n) is 1.62. The number of hydrogen-bond donors (Lipinski definition) is 1. The van der Waals surface area contributed by atoms with E-state index in [4.69, 9.17) is 0 Å². The second-order valence-electron chi connectivity index (χ2n) is 4.01. The van der Waals surface area contributed by atoms with Gasteiger partial charge in [-0.15, -0.1) is 0 Å². The van der Waals surface area contributed by atoms with Crippen LogP contribution in [-0.4, -0.2) is 5.11 Å². The van der Waals surface area contributed by atoms with Crippen LogP contribution in [0.2, 0.25) is 0 Å². The van der Waals surface area contributed by atoms with Gasteiger partial charge in [-0.2, -0.15) is 0 Å². The number of rotatable bonds is 3. The second kappa shape index (κ2) is 5.67. The smallest absolute Gasteiger partial charge is 0.159 e. The van der Waals surface area contributed by atoms with Crippen LogP contribution in [-0.2, 0) is 0 Å². The highest BCUT2D eigenvalue weighted by Gasteiger charge is 2.14. The molecule has 2 aromatic rings. The van der Waals surface area contributed by atoms with E-state index in [1.165, 1.54) is 25.1 Å². The Morgan fingerprint density at radius 2 is 1.74 bits per heavy atom. The molecule has 0 heterocycles. The van der Waals surface area contributed by atoms with Crippen molar-refractivity contribution in [3.63, 3.8) is 0 Å². The molecular weight excluding hydrogens is 273 g/mol. The van der Waals surface area contributed by atoms with Crippen LogP contribution in [0.5, 0.6) is 0 Å². The minimum Gasteiger partial charge on any atom is -0.389 e. The van der Waals surface area contributed by atoms with Gasteiger partial charge in [-0.1, -0.05) is 23.9 Å². The average Bonchev–Trinajstić information content (AvgIpc) is 2.36. The highest BCUT2D eigenvalue weighted by molar-refractivity contribution is 7.99. The number of aliphatic hydroxyl groups excluding tert-OH is 1. The summed E-state index contributed by atoms with van der Waals surface area (Å²) >= 11 is 0.950.